The number of hydrogen-bond donors (Lipinski definition) is 0. The number of aromatic nitrogens is 2. The van der Waals surface area contributed by atoms with E-state index in [0.29, 0.717) is 0 Å². The van der Waals surface area contributed by atoms with Crippen LogP contribution in [-0.4, -0.2) is 22.7 Å². The Hall–Kier alpha value is -1.32. The van der Waals surface area contributed by atoms with Crippen LogP contribution >= 0.6 is 0 Å². The third-order valence-electron chi connectivity index (χ3n) is 1.46. The molecule has 1 aromatic heterocycles. The average molecular weight is 152 g/mol. The van der Waals surface area contributed by atoms with Crippen molar-refractivity contribution < 1.29 is 5.11 Å². The van der Waals surface area contributed by atoms with E-state index in [4.69, 9.17) is 0 Å². The molecule has 0 spiro atoms. The smallest absolute Gasteiger partial charge is 0.0689 e. The van der Waals surface area contributed by atoms with Gasteiger partial charge in [0.2, 0.25) is 0 Å². The van der Waals surface area contributed by atoms with E-state index < -0.39 is 0 Å². The van der Waals surface area contributed by atoms with Crippen LogP contribution in [0.25, 0.3) is 0 Å². The van der Waals surface area contributed by atoms with E-state index in [1.165, 1.54) is 7.05 Å². The molecule has 0 N–H and O–H groups in total. The number of aryl methyl sites for hydroxylation is 1. The van der Waals surface area contributed by atoms with Crippen LogP contribution in [0.3, 0.4) is 0 Å². The van der Waals surface area contributed by atoms with E-state index in [1.807, 2.05) is 13.0 Å². The van der Waals surface area contributed by atoms with E-state index in [0.717, 1.165) is 5.69 Å². The molecule has 0 aliphatic heterocycles. The Balaban J connectivity index is 2.72. The Kier molecular flexibility index (Phi) is 2.25. The summed E-state index contributed by atoms with van der Waals surface area (Å²) in [5.41, 5.74) is 0.974. The molecule has 0 unspecified atom stereocenters. The van der Waals surface area contributed by atoms with Gasteiger partial charge in [-0.05, 0) is 18.9 Å². The van der Waals surface area contributed by atoms with Crippen molar-refractivity contribution in [1.29, 1.82) is 0 Å². The molecule has 0 atom stereocenters. The van der Waals surface area contributed by atoms with E-state index in [9.17, 15) is 5.11 Å². The normalized spacial score (nSPS) is 12.0. The van der Waals surface area contributed by atoms with Gasteiger partial charge in [-0.25, -0.2) is 0 Å². The third kappa shape index (κ3) is 1.80. The maximum Gasteiger partial charge on any atom is 0.0689 e. The lowest BCUT2D eigenvalue weighted by Gasteiger charge is -2.09. The largest absolute Gasteiger partial charge is 0.861 e. The summed E-state index contributed by atoms with van der Waals surface area (Å²) in [4.78, 5) is 3.50. The summed E-state index contributed by atoms with van der Waals surface area (Å²) in [6.07, 6.45) is 1.66. The number of hydrogen-bond acceptors (Lipinski definition) is 3. The molecule has 1 aromatic rings. The van der Waals surface area contributed by atoms with Gasteiger partial charge in [0, 0.05) is 18.9 Å². The first-order valence-corrected chi connectivity index (χ1v) is 3.35. The van der Waals surface area contributed by atoms with Crippen LogP contribution in [-0.2, 0) is 6.54 Å². The fourth-order valence-corrected chi connectivity index (χ4v) is 0.763. The zero-order valence-electron chi connectivity index (χ0n) is 6.61. The molecular weight excluding hydrogens is 142 g/mol. The average Bonchev–Trinajstić information content (AvgIpc) is 2.37. The SMILES string of the molecule is CN=C([O-])Cn1nccc1C. The maximum absolute atomic E-state index is 10.8. The summed E-state index contributed by atoms with van der Waals surface area (Å²) < 4.78 is 1.62. The first-order valence-electron chi connectivity index (χ1n) is 3.35. The molecule has 0 fully saturated rings. The number of aliphatic imine (C=N–C) groups is 1. The van der Waals surface area contributed by atoms with Gasteiger partial charge in [-0.2, -0.15) is 5.10 Å². The second kappa shape index (κ2) is 3.18. The lowest BCUT2D eigenvalue weighted by atomic mass is 10.5. The highest BCUT2D eigenvalue weighted by Crippen LogP contribution is 1.94. The predicted molar refractivity (Wildman–Crippen MR) is 40.3 cm³/mol. The lowest BCUT2D eigenvalue weighted by molar-refractivity contribution is -0.219. The van der Waals surface area contributed by atoms with Crippen LogP contribution in [0.1, 0.15) is 5.69 Å². The van der Waals surface area contributed by atoms with Crippen LogP contribution in [0.4, 0.5) is 0 Å². The standard InChI is InChI=1S/C7H11N3O/c1-6-3-4-9-10(6)5-7(11)8-2/h3-4H,5H2,1-2H3,(H,8,11)/p-1. The molecule has 0 bridgehead atoms. The molecule has 0 radical (unpaired) electrons. The predicted octanol–water partition coefficient (Wildman–Crippen LogP) is -0.420. The van der Waals surface area contributed by atoms with Crippen LogP contribution in [0.15, 0.2) is 17.3 Å². The monoisotopic (exact) mass is 152 g/mol. The summed E-state index contributed by atoms with van der Waals surface area (Å²) >= 11 is 0. The summed E-state index contributed by atoms with van der Waals surface area (Å²) in [5, 5.41) is 14.7. The van der Waals surface area contributed by atoms with E-state index in [1.54, 1.807) is 10.9 Å². The van der Waals surface area contributed by atoms with Crippen molar-refractivity contribution in [2.45, 2.75) is 13.5 Å². The Morgan fingerprint density at radius 2 is 2.55 bits per heavy atom. The van der Waals surface area contributed by atoms with Gasteiger partial charge in [0.1, 0.15) is 0 Å². The summed E-state index contributed by atoms with van der Waals surface area (Å²) in [6, 6.07) is 1.85. The van der Waals surface area contributed by atoms with Gasteiger partial charge in [0.15, 0.2) is 0 Å². The van der Waals surface area contributed by atoms with Crippen molar-refractivity contribution in [2.24, 2.45) is 4.99 Å². The van der Waals surface area contributed by atoms with Gasteiger partial charge in [-0.1, -0.05) is 0 Å². The molecule has 4 heteroatoms. The van der Waals surface area contributed by atoms with Gasteiger partial charge in [-0.3, -0.25) is 4.68 Å². The Labute approximate surface area is 65.2 Å². The topological polar surface area (TPSA) is 53.2 Å². The molecule has 0 saturated carbocycles. The maximum atomic E-state index is 10.8. The van der Waals surface area contributed by atoms with Crippen molar-refractivity contribution >= 4 is 5.90 Å². The molecule has 1 heterocycles. The molecular formula is C7H10N3O-. The van der Waals surface area contributed by atoms with Crippen molar-refractivity contribution in [3.63, 3.8) is 0 Å². The third-order valence-corrected chi connectivity index (χ3v) is 1.46. The molecule has 60 valence electrons. The minimum Gasteiger partial charge on any atom is -0.861 e. The van der Waals surface area contributed by atoms with Crippen LogP contribution < -0.4 is 5.11 Å². The Morgan fingerprint density at radius 1 is 1.82 bits per heavy atom. The van der Waals surface area contributed by atoms with E-state index in [-0.39, 0.29) is 12.4 Å². The highest BCUT2D eigenvalue weighted by Gasteiger charge is 1.93. The summed E-state index contributed by atoms with van der Waals surface area (Å²) in [7, 11) is 1.49. The molecule has 1 rings (SSSR count). The minimum absolute atomic E-state index is 0.156. The van der Waals surface area contributed by atoms with Crippen molar-refractivity contribution in [2.75, 3.05) is 7.05 Å². The highest BCUT2D eigenvalue weighted by molar-refractivity contribution is 5.70. The van der Waals surface area contributed by atoms with Gasteiger partial charge in [-0.15, -0.1) is 0 Å². The van der Waals surface area contributed by atoms with Gasteiger partial charge in [0.25, 0.3) is 0 Å². The molecule has 0 amide bonds. The zero-order chi connectivity index (χ0) is 8.27. The number of nitrogens with zero attached hydrogens (tertiary/aromatic N) is 3. The van der Waals surface area contributed by atoms with Crippen LogP contribution in [0.5, 0.6) is 0 Å². The first-order chi connectivity index (χ1) is 5.24. The molecule has 0 saturated heterocycles. The fourth-order valence-electron chi connectivity index (χ4n) is 0.763. The quantitative estimate of drug-likeness (QED) is 0.427. The van der Waals surface area contributed by atoms with Crippen molar-refractivity contribution in [3.05, 3.63) is 18.0 Å². The minimum atomic E-state index is -0.156. The molecule has 0 aliphatic carbocycles. The van der Waals surface area contributed by atoms with Gasteiger partial charge < -0.3 is 10.1 Å². The van der Waals surface area contributed by atoms with E-state index in [2.05, 4.69) is 10.1 Å². The van der Waals surface area contributed by atoms with Crippen molar-refractivity contribution in [1.82, 2.24) is 9.78 Å². The summed E-state index contributed by atoms with van der Waals surface area (Å²) in [5.74, 6) is -0.156. The molecule has 0 aromatic carbocycles. The Bertz CT molecular complexity index is 264. The highest BCUT2D eigenvalue weighted by atomic mass is 16.3. The number of rotatable bonds is 2. The van der Waals surface area contributed by atoms with Gasteiger partial charge >= 0.3 is 0 Å². The van der Waals surface area contributed by atoms with Crippen molar-refractivity contribution in [3.8, 4) is 0 Å². The Morgan fingerprint density at radius 3 is 3.00 bits per heavy atom. The van der Waals surface area contributed by atoms with E-state index >= 15 is 0 Å². The molecule has 11 heavy (non-hydrogen) atoms. The van der Waals surface area contributed by atoms with Gasteiger partial charge in [0.05, 0.1) is 6.54 Å². The van der Waals surface area contributed by atoms with Crippen LogP contribution in [0, 0.1) is 6.92 Å². The fraction of sp³-hybridized carbons (Fsp3) is 0.429. The lowest BCUT2D eigenvalue weighted by Crippen LogP contribution is -2.24. The summed E-state index contributed by atoms with van der Waals surface area (Å²) in [6.45, 7) is 2.14. The van der Waals surface area contributed by atoms with Crippen LogP contribution in [0.2, 0.25) is 0 Å². The second-order valence-electron chi connectivity index (χ2n) is 2.25. The zero-order valence-corrected chi connectivity index (χ0v) is 6.61. The molecule has 4 nitrogen and oxygen atoms in total. The second-order valence-corrected chi connectivity index (χ2v) is 2.25. The molecule has 0 aliphatic rings. The first kappa shape index (κ1) is 7.78.